The molecule has 0 aliphatic heterocycles. The number of esters is 1. The maximum Gasteiger partial charge on any atom is 0.329 e. The van der Waals surface area contributed by atoms with Gasteiger partial charge in [-0.3, -0.25) is 4.79 Å². The molecule has 1 aromatic carbocycles. The monoisotopic (exact) mass is 302 g/mol. The number of hydrogen-bond acceptors (Lipinski definition) is 4. The third-order valence-electron chi connectivity index (χ3n) is 3.30. The molecular weight excluding hydrogens is 280 g/mol. The smallest absolute Gasteiger partial charge is 0.329 e. The number of amides is 1. The average molecular weight is 302 g/mol. The Morgan fingerprint density at radius 2 is 1.86 bits per heavy atom. The summed E-state index contributed by atoms with van der Waals surface area (Å²) in [6, 6.07) is 10.5. The molecule has 0 saturated heterocycles. The Hall–Kier alpha value is -2.35. The highest BCUT2D eigenvalue weighted by atomic mass is 16.5. The van der Waals surface area contributed by atoms with Gasteiger partial charge in [0.2, 0.25) is 5.91 Å². The van der Waals surface area contributed by atoms with Gasteiger partial charge < -0.3 is 9.64 Å². The third kappa shape index (κ3) is 4.59. The average Bonchev–Trinajstić information content (AvgIpc) is 2.46. The lowest BCUT2D eigenvalue weighted by molar-refractivity contribution is -0.158. The Labute approximate surface area is 131 Å². The van der Waals surface area contributed by atoms with E-state index < -0.39 is 17.4 Å². The first kappa shape index (κ1) is 17.7. The minimum absolute atomic E-state index is 0.262. The van der Waals surface area contributed by atoms with Crippen molar-refractivity contribution in [3.8, 4) is 6.07 Å². The Balaban J connectivity index is 3.19. The van der Waals surface area contributed by atoms with E-state index in [1.807, 2.05) is 57.2 Å². The van der Waals surface area contributed by atoms with Gasteiger partial charge in [0.1, 0.15) is 12.5 Å². The Kier molecular flexibility index (Phi) is 6.11. The number of rotatable bonds is 5. The van der Waals surface area contributed by atoms with E-state index in [0.29, 0.717) is 0 Å². The molecule has 1 amide bonds. The first-order valence-corrected chi connectivity index (χ1v) is 7.09. The lowest BCUT2D eigenvalue weighted by atomic mass is 9.85. The van der Waals surface area contributed by atoms with Crippen LogP contribution in [0, 0.1) is 16.7 Å². The summed E-state index contributed by atoms with van der Waals surface area (Å²) >= 11 is 0. The molecule has 0 spiro atoms. The molecule has 0 fully saturated rings. The standard InChI is InChI=1S/C17H22N2O3/c1-17(2,3)15(16(21)22-4)19(14(20)10-11-18)12-13-8-6-5-7-9-13/h5-9,15H,10,12H2,1-4H3/t15-/m1/s1. The van der Waals surface area contributed by atoms with Crippen molar-refractivity contribution in [1.82, 2.24) is 4.90 Å². The second kappa shape index (κ2) is 7.60. The van der Waals surface area contributed by atoms with Crippen molar-refractivity contribution in [1.29, 1.82) is 5.26 Å². The fourth-order valence-corrected chi connectivity index (χ4v) is 2.33. The molecule has 0 saturated carbocycles. The quantitative estimate of drug-likeness (QED) is 0.784. The van der Waals surface area contributed by atoms with Gasteiger partial charge in [0.25, 0.3) is 0 Å². The Morgan fingerprint density at radius 3 is 2.32 bits per heavy atom. The fourth-order valence-electron chi connectivity index (χ4n) is 2.33. The van der Waals surface area contributed by atoms with Crippen molar-refractivity contribution >= 4 is 11.9 Å². The van der Waals surface area contributed by atoms with Crippen molar-refractivity contribution in [2.75, 3.05) is 7.11 Å². The lowest BCUT2D eigenvalue weighted by Gasteiger charge is -2.37. The maximum atomic E-state index is 12.4. The second-order valence-corrected chi connectivity index (χ2v) is 6.13. The lowest BCUT2D eigenvalue weighted by Crippen LogP contribution is -2.52. The minimum atomic E-state index is -0.751. The van der Waals surface area contributed by atoms with Gasteiger partial charge in [-0.1, -0.05) is 51.1 Å². The normalized spacial score (nSPS) is 12.1. The van der Waals surface area contributed by atoms with E-state index in [9.17, 15) is 9.59 Å². The highest BCUT2D eigenvalue weighted by molar-refractivity contribution is 5.86. The Bertz CT molecular complexity index is 556. The molecule has 22 heavy (non-hydrogen) atoms. The predicted octanol–water partition coefficient (Wildman–Crippen LogP) is 2.52. The number of carbonyl (C=O) groups is 2. The zero-order chi connectivity index (χ0) is 16.8. The summed E-state index contributed by atoms with van der Waals surface area (Å²) in [5, 5.41) is 8.82. The van der Waals surface area contributed by atoms with E-state index >= 15 is 0 Å². The van der Waals surface area contributed by atoms with E-state index in [1.165, 1.54) is 12.0 Å². The van der Waals surface area contributed by atoms with Gasteiger partial charge in [0, 0.05) is 6.54 Å². The molecule has 1 atom stereocenters. The zero-order valence-electron chi connectivity index (χ0n) is 13.5. The molecular formula is C17H22N2O3. The van der Waals surface area contributed by atoms with Crippen molar-refractivity contribution < 1.29 is 14.3 Å². The maximum absolute atomic E-state index is 12.4. The summed E-state index contributed by atoms with van der Waals surface area (Å²) in [7, 11) is 1.30. The number of hydrogen-bond donors (Lipinski definition) is 0. The number of carbonyl (C=O) groups excluding carboxylic acids is 2. The topological polar surface area (TPSA) is 70.4 Å². The minimum Gasteiger partial charge on any atom is -0.467 e. The molecule has 5 nitrogen and oxygen atoms in total. The van der Waals surface area contributed by atoms with E-state index in [4.69, 9.17) is 10.00 Å². The molecule has 0 aliphatic rings. The molecule has 0 bridgehead atoms. The van der Waals surface area contributed by atoms with Crippen LogP contribution in [0.4, 0.5) is 0 Å². The van der Waals surface area contributed by atoms with Crippen LogP contribution in [0.1, 0.15) is 32.8 Å². The van der Waals surface area contributed by atoms with Crippen LogP contribution < -0.4 is 0 Å². The van der Waals surface area contributed by atoms with Crippen molar-refractivity contribution in [2.24, 2.45) is 5.41 Å². The van der Waals surface area contributed by atoms with Gasteiger partial charge in [-0.15, -0.1) is 0 Å². The number of nitrogens with zero attached hydrogens (tertiary/aromatic N) is 2. The van der Waals surface area contributed by atoms with E-state index in [1.54, 1.807) is 0 Å². The number of ether oxygens (including phenoxy) is 1. The fraction of sp³-hybridized carbons (Fsp3) is 0.471. The van der Waals surface area contributed by atoms with E-state index in [2.05, 4.69) is 0 Å². The second-order valence-electron chi connectivity index (χ2n) is 6.13. The molecule has 5 heteroatoms. The summed E-state index contributed by atoms with van der Waals surface area (Å²) < 4.78 is 4.87. The molecule has 0 N–H and O–H groups in total. The zero-order valence-corrected chi connectivity index (χ0v) is 13.5. The largest absolute Gasteiger partial charge is 0.467 e. The van der Waals surface area contributed by atoms with Crippen LogP contribution in [0.25, 0.3) is 0 Å². The molecule has 0 aromatic heterocycles. The van der Waals surface area contributed by atoms with Gasteiger partial charge in [0.15, 0.2) is 0 Å². The van der Waals surface area contributed by atoms with Crippen LogP contribution in [0.5, 0.6) is 0 Å². The van der Waals surface area contributed by atoms with Gasteiger partial charge in [-0.25, -0.2) is 4.79 Å². The molecule has 0 radical (unpaired) electrons. The van der Waals surface area contributed by atoms with E-state index in [0.717, 1.165) is 5.56 Å². The Morgan fingerprint density at radius 1 is 1.27 bits per heavy atom. The summed E-state index contributed by atoms with van der Waals surface area (Å²) in [6.45, 7) is 5.86. The van der Waals surface area contributed by atoms with Gasteiger partial charge in [0.05, 0.1) is 13.2 Å². The molecule has 1 aromatic rings. The first-order chi connectivity index (χ1) is 10.3. The summed E-state index contributed by atoms with van der Waals surface area (Å²) in [4.78, 5) is 26.0. The SMILES string of the molecule is COC(=O)[C@@H](N(Cc1ccccc1)C(=O)CC#N)C(C)(C)C. The molecule has 0 aliphatic carbocycles. The number of methoxy groups -OCH3 is 1. The summed E-state index contributed by atoms with van der Waals surface area (Å²) in [5.74, 6) is -0.855. The van der Waals surface area contributed by atoms with E-state index in [-0.39, 0.29) is 18.9 Å². The van der Waals surface area contributed by atoms with Crippen LogP contribution >= 0.6 is 0 Å². The van der Waals surface area contributed by atoms with Gasteiger partial charge >= 0.3 is 5.97 Å². The van der Waals surface area contributed by atoms with Crippen LogP contribution in [-0.2, 0) is 20.9 Å². The summed E-state index contributed by atoms with van der Waals surface area (Å²) in [6.07, 6.45) is -0.267. The van der Waals surface area contributed by atoms with Crippen molar-refractivity contribution in [2.45, 2.75) is 39.8 Å². The predicted molar refractivity (Wildman–Crippen MR) is 82.5 cm³/mol. The molecule has 0 unspecified atom stereocenters. The van der Waals surface area contributed by atoms with Crippen LogP contribution in [0.15, 0.2) is 30.3 Å². The van der Waals surface area contributed by atoms with Crippen molar-refractivity contribution in [3.05, 3.63) is 35.9 Å². The third-order valence-corrected chi connectivity index (χ3v) is 3.30. The van der Waals surface area contributed by atoms with Crippen LogP contribution in [-0.4, -0.2) is 29.9 Å². The molecule has 118 valence electrons. The number of nitriles is 1. The molecule has 0 heterocycles. The summed E-state index contributed by atoms with van der Waals surface area (Å²) in [5.41, 5.74) is 0.388. The van der Waals surface area contributed by atoms with Crippen LogP contribution in [0.2, 0.25) is 0 Å². The van der Waals surface area contributed by atoms with Gasteiger partial charge in [-0.2, -0.15) is 5.26 Å². The first-order valence-electron chi connectivity index (χ1n) is 7.09. The van der Waals surface area contributed by atoms with Gasteiger partial charge in [-0.05, 0) is 11.0 Å². The molecule has 1 rings (SSSR count). The highest BCUT2D eigenvalue weighted by Gasteiger charge is 2.39. The highest BCUT2D eigenvalue weighted by Crippen LogP contribution is 2.27. The van der Waals surface area contributed by atoms with Crippen LogP contribution in [0.3, 0.4) is 0 Å². The van der Waals surface area contributed by atoms with Crippen molar-refractivity contribution in [3.63, 3.8) is 0 Å². The number of benzene rings is 1.